The van der Waals surface area contributed by atoms with Crippen molar-refractivity contribution in [3.8, 4) is 5.75 Å². The maximum atomic E-state index is 9.99. The van der Waals surface area contributed by atoms with E-state index in [0.717, 1.165) is 25.2 Å². The fourth-order valence-electron chi connectivity index (χ4n) is 2.80. The summed E-state index contributed by atoms with van der Waals surface area (Å²) in [6.45, 7) is 3.12. The van der Waals surface area contributed by atoms with E-state index in [9.17, 15) is 5.11 Å². The molecule has 0 bridgehead atoms. The third-order valence-electron chi connectivity index (χ3n) is 3.71. The molecule has 0 radical (unpaired) electrons. The van der Waals surface area contributed by atoms with E-state index in [-0.39, 0.29) is 0 Å². The first-order valence-corrected chi connectivity index (χ1v) is 6.46. The van der Waals surface area contributed by atoms with Gasteiger partial charge in [0.25, 0.3) is 0 Å². The van der Waals surface area contributed by atoms with Gasteiger partial charge in [0.1, 0.15) is 5.75 Å². The van der Waals surface area contributed by atoms with Crippen molar-refractivity contribution < 1.29 is 5.11 Å². The van der Waals surface area contributed by atoms with Crippen LogP contribution in [0.4, 0.5) is 0 Å². The molecular formula is C14H22N2O. The average molecular weight is 234 g/mol. The van der Waals surface area contributed by atoms with Gasteiger partial charge in [-0.2, -0.15) is 0 Å². The molecule has 17 heavy (non-hydrogen) atoms. The number of para-hydroxylation sites is 1. The van der Waals surface area contributed by atoms with Crippen LogP contribution in [0.3, 0.4) is 0 Å². The molecule has 0 aromatic heterocycles. The van der Waals surface area contributed by atoms with E-state index in [4.69, 9.17) is 0 Å². The first-order valence-electron chi connectivity index (χ1n) is 6.46. The number of nitrogens with one attached hydrogen (secondary N) is 2. The van der Waals surface area contributed by atoms with Gasteiger partial charge in [-0.1, -0.05) is 18.2 Å². The van der Waals surface area contributed by atoms with Gasteiger partial charge in [-0.3, -0.25) is 0 Å². The molecule has 2 rings (SSSR count). The largest absolute Gasteiger partial charge is 0.508 e. The van der Waals surface area contributed by atoms with Gasteiger partial charge >= 0.3 is 0 Å². The molecule has 1 atom stereocenters. The number of likely N-dealkylation sites (N-methyl/N-ethyl adjacent to an activating group) is 1. The summed E-state index contributed by atoms with van der Waals surface area (Å²) < 4.78 is 0. The van der Waals surface area contributed by atoms with Crippen molar-refractivity contribution in [1.29, 1.82) is 0 Å². The van der Waals surface area contributed by atoms with Crippen molar-refractivity contribution in [1.82, 2.24) is 10.6 Å². The van der Waals surface area contributed by atoms with Gasteiger partial charge in [0.2, 0.25) is 0 Å². The van der Waals surface area contributed by atoms with Crippen molar-refractivity contribution in [2.24, 2.45) is 5.92 Å². The lowest BCUT2D eigenvalue weighted by molar-refractivity contribution is 0.307. The van der Waals surface area contributed by atoms with Gasteiger partial charge in [0.15, 0.2) is 0 Å². The van der Waals surface area contributed by atoms with E-state index in [1.54, 1.807) is 6.07 Å². The highest BCUT2D eigenvalue weighted by atomic mass is 16.3. The fraction of sp³-hybridized carbons (Fsp3) is 0.571. The Hall–Kier alpha value is -1.06. The molecule has 94 valence electrons. The molecule has 1 aromatic carbocycles. The molecular weight excluding hydrogens is 212 g/mol. The molecule has 3 heteroatoms. The highest BCUT2D eigenvalue weighted by Crippen LogP contribution is 2.34. The second-order valence-corrected chi connectivity index (χ2v) is 4.81. The van der Waals surface area contributed by atoms with E-state index in [0.29, 0.717) is 17.6 Å². The summed E-state index contributed by atoms with van der Waals surface area (Å²) in [4.78, 5) is 0. The molecule has 1 aromatic rings. The number of piperidine rings is 1. The van der Waals surface area contributed by atoms with Gasteiger partial charge in [0.05, 0.1) is 0 Å². The number of benzene rings is 1. The molecule has 0 saturated carbocycles. The maximum absolute atomic E-state index is 9.99. The molecule has 0 aliphatic carbocycles. The van der Waals surface area contributed by atoms with Crippen molar-refractivity contribution in [2.75, 3.05) is 26.7 Å². The Balaban J connectivity index is 2.18. The fourth-order valence-corrected chi connectivity index (χ4v) is 2.80. The Morgan fingerprint density at radius 2 is 2.06 bits per heavy atom. The summed E-state index contributed by atoms with van der Waals surface area (Å²) in [6, 6.07) is 7.74. The van der Waals surface area contributed by atoms with Crippen molar-refractivity contribution >= 4 is 0 Å². The van der Waals surface area contributed by atoms with E-state index < -0.39 is 0 Å². The van der Waals surface area contributed by atoms with Gasteiger partial charge < -0.3 is 15.7 Å². The van der Waals surface area contributed by atoms with Crippen LogP contribution in [0.25, 0.3) is 0 Å². The number of rotatable bonds is 4. The van der Waals surface area contributed by atoms with Crippen LogP contribution >= 0.6 is 0 Å². The Labute approximate surface area is 103 Å². The number of aromatic hydroxyl groups is 1. The first-order chi connectivity index (χ1) is 8.33. The van der Waals surface area contributed by atoms with E-state index in [1.807, 2.05) is 19.2 Å². The molecule has 0 amide bonds. The van der Waals surface area contributed by atoms with Crippen LogP contribution in [0, 0.1) is 5.92 Å². The van der Waals surface area contributed by atoms with Crippen LogP contribution in [0.1, 0.15) is 24.3 Å². The average Bonchev–Trinajstić information content (AvgIpc) is 2.38. The normalized spacial score (nSPS) is 19.1. The third kappa shape index (κ3) is 2.99. The lowest BCUT2D eigenvalue weighted by Gasteiger charge is -2.31. The lowest BCUT2D eigenvalue weighted by Crippen LogP contribution is -2.34. The monoisotopic (exact) mass is 234 g/mol. The van der Waals surface area contributed by atoms with Crippen LogP contribution in [-0.4, -0.2) is 31.8 Å². The Morgan fingerprint density at radius 3 is 2.71 bits per heavy atom. The minimum Gasteiger partial charge on any atom is -0.508 e. The van der Waals surface area contributed by atoms with Crippen LogP contribution < -0.4 is 10.6 Å². The zero-order valence-corrected chi connectivity index (χ0v) is 10.4. The predicted octanol–water partition coefficient (Wildman–Crippen LogP) is 1.69. The molecule has 1 saturated heterocycles. The third-order valence-corrected chi connectivity index (χ3v) is 3.71. The highest BCUT2D eigenvalue weighted by molar-refractivity contribution is 5.35. The van der Waals surface area contributed by atoms with E-state index in [2.05, 4.69) is 16.7 Å². The Morgan fingerprint density at radius 1 is 1.35 bits per heavy atom. The molecule has 3 nitrogen and oxygen atoms in total. The molecule has 1 fully saturated rings. The van der Waals surface area contributed by atoms with Crippen LogP contribution in [0.2, 0.25) is 0 Å². The number of hydrogen-bond donors (Lipinski definition) is 3. The summed E-state index contributed by atoms with van der Waals surface area (Å²) in [5, 5.41) is 16.6. The van der Waals surface area contributed by atoms with Crippen molar-refractivity contribution in [3.63, 3.8) is 0 Å². The van der Waals surface area contributed by atoms with Gasteiger partial charge in [-0.25, -0.2) is 0 Å². The standard InChI is InChI=1S/C14H22N2O/c1-15-10-13(11-6-8-16-9-7-11)12-4-2-3-5-14(12)17/h2-5,11,13,15-17H,6-10H2,1H3. The highest BCUT2D eigenvalue weighted by Gasteiger charge is 2.25. The second kappa shape index (κ2) is 6.03. The van der Waals surface area contributed by atoms with Crippen LogP contribution in [0.15, 0.2) is 24.3 Å². The summed E-state index contributed by atoms with van der Waals surface area (Å²) >= 11 is 0. The summed E-state index contributed by atoms with van der Waals surface area (Å²) in [6.07, 6.45) is 2.39. The Bertz CT molecular complexity index is 348. The smallest absolute Gasteiger partial charge is 0.119 e. The van der Waals surface area contributed by atoms with E-state index >= 15 is 0 Å². The Kier molecular flexibility index (Phi) is 4.40. The number of hydrogen-bond acceptors (Lipinski definition) is 3. The van der Waals surface area contributed by atoms with Gasteiger partial charge in [-0.15, -0.1) is 0 Å². The maximum Gasteiger partial charge on any atom is 0.119 e. The number of phenolic OH excluding ortho intramolecular Hbond substituents is 1. The quantitative estimate of drug-likeness (QED) is 0.743. The zero-order chi connectivity index (χ0) is 12.1. The second-order valence-electron chi connectivity index (χ2n) is 4.81. The summed E-state index contributed by atoms with van der Waals surface area (Å²) in [7, 11) is 1.98. The summed E-state index contributed by atoms with van der Waals surface area (Å²) in [5.41, 5.74) is 1.09. The molecule has 1 unspecified atom stereocenters. The predicted molar refractivity (Wildman–Crippen MR) is 70.4 cm³/mol. The molecule has 3 N–H and O–H groups in total. The summed E-state index contributed by atoms with van der Waals surface area (Å²) in [5.74, 6) is 1.52. The van der Waals surface area contributed by atoms with E-state index in [1.165, 1.54) is 12.8 Å². The molecule has 1 aliphatic heterocycles. The van der Waals surface area contributed by atoms with Crippen molar-refractivity contribution in [3.05, 3.63) is 29.8 Å². The lowest BCUT2D eigenvalue weighted by atomic mass is 9.80. The molecule has 1 aliphatic rings. The number of phenols is 1. The minimum absolute atomic E-state index is 0.420. The van der Waals surface area contributed by atoms with Gasteiger partial charge in [0, 0.05) is 12.5 Å². The zero-order valence-electron chi connectivity index (χ0n) is 10.4. The van der Waals surface area contributed by atoms with Gasteiger partial charge in [-0.05, 0) is 50.5 Å². The SMILES string of the molecule is CNCC(c1ccccc1O)C1CCNCC1. The molecule has 0 spiro atoms. The molecule has 1 heterocycles. The van der Waals surface area contributed by atoms with Crippen LogP contribution in [0.5, 0.6) is 5.75 Å². The van der Waals surface area contributed by atoms with Crippen molar-refractivity contribution in [2.45, 2.75) is 18.8 Å². The topological polar surface area (TPSA) is 44.3 Å². The minimum atomic E-state index is 0.420. The van der Waals surface area contributed by atoms with Crippen LogP contribution in [-0.2, 0) is 0 Å². The first kappa shape index (κ1) is 12.4.